The molecule has 3 nitrogen and oxygen atoms in total. The van der Waals surface area contributed by atoms with Crippen molar-refractivity contribution in [2.24, 2.45) is 5.84 Å². The van der Waals surface area contributed by atoms with Gasteiger partial charge in [0.05, 0.1) is 6.61 Å². The van der Waals surface area contributed by atoms with Crippen molar-refractivity contribution in [2.75, 3.05) is 13.2 Å². The maximum absolute atomic E-state index is 5.49. The van der Waals surface area contributed by atoms with E-state index in [1.807, 2.05) is 11.3 Å². The maximum atomic E-state index is 5.49. The molecule has 0 amide bonds. The highest BCUT2D eigenvalue weighted by atomic mass is 32.1. The van der Waals surface area contributed by atoms with Crippen molar-refractivity contribution in [3.8, 4) is 0 Å². The first kappa shape index (κ1) is 13.6. The highest BCUT2D eigenvalue weighted by Gasteiger charge is 2.06. The lowest BCUT2D eigenvalue weighted by molar-refractivity contribution is 0.109. The number of hydrogen-bond donors (Lipinski definition) is 2. The topological polar surface area (TPSA) is 47.3 Å². The smallest absolute Gasteiger partial charge is 0.0633 e. The van der Waals surface area contributed by atoms with Crippen molar-refractivity contribution in [3.05, 3.63) is 22.4 Å². The lowest BCUT2D eigenvalue weighted by Gasteiger charge is -2.15. The van der Waals surface area contributed by atoms with Crippen LogP contribution in [0.3, 0.4) is 0 Å². The zero-order valence-electron chi connectivity index (χ0n) is 9.95. The summed E-state index contributed by atoms with van der Waals surface area (Å²) in [5.74, 6) is 5.49. The molecule has 0 aliphatic rings. The Hall–Kier alpha value is -0.420. The van der Waals surface area contributed by atoms with Gasteiger partial charge in [0, 0.05) is 17.5 Å². The average Bonchev–Trinajstić information content (AvgIpc) is 2.80. The van der Waals surface area contributed by atoms with Gasteiger partial charge in [-0.2, -0.15) is 0 Å². The van der Waals surface area contributed by atoms with E-state index in [9.17, 15) is 0 Å². The van der Waals surface area contributed by atoms with Crippen LogP contribution in [0.25, 0.3) is 0 Å². The monoisotopic (exact) mass is 242 g/mol. The van der Waals surface area contributed by atoms with Crippen molar-refractivity contribution in [2.45, 2.75) is 38.6 Å². The molecule has 1 heterocycles. The summed E-state index contributed by atoms with van der Waals surface area (Å²) in [5, 5.41) is 2.12. The van der Waals surface area contributed by atoms with Gasteiger partial charge in [-0.05, 0) is 37.1 Å². The Bertz CT molecular complexity index is 252. The van der Waals surface area contributed by atoms with E-state index in [0.29, 0.717) is 0 Å². The van der Waals surface area contributed by atoms with Crippen LogP contribution in [0.15, 0.2) is 17.5 Å². The van der Waals surface area contributed by atoms with Gasteiger partial charge in [-0.15, -0.1) is 11.3 Å². The van der Waals surface area contributed by atoms with Gasteiger partial charge in [0.1, 0.15) is 0 Å². The fraction of sp³-hybridized carbons (Fsp3) is 0.667. The molecule has 0 aliphatic carbocycles. The zero-order valence-corrected chi connectivity index (χ0v) is 10.8. The highest BCUT2D eigenvalue weighted by molar-refractivity contribution is 7.09. The first-order valence-electron chi connectivity index (χ1n) is 5.93. The number of thiophene rings is 1. The minimum atomic E-state index is 0.284. The van der Waals surface area contributed by atoms with E-state index >= 15 is 0 Å². The van der Waals surface area contributed by atoms with Gasteiger partial charge in [0.15, 0.2) is 0 Å². The zero-order chi connectivity index (χ0) is 11.6. The molecule has 3 N–H and O–H groups in total. The van der Waals surface area contributed by atoms with E-state index in [1.165, 1.54) is 4.88 Å². The third-order valence-corrected chi connectivity index (χ3v) is 3.40. The molecule has 4 heteroatoms. The van der Waals surface area contributed by atoms with Gasteiger partial charge >= 0.3 is 0 Å². The van der Waals surface area contributed by atoms with Crippen molar-refractivity contribution in [1.29, 1.82) is 0 Å². The van der Waals surface area contributed by atoms with Crippen LogP contribution in [0.2, 0.25) is 0 Å². The molecule has 0 bridgehead atoms. The van der Waals surface area contributed by atoms with Crippen molar-refractivity contribution in [3.63, 3.8) is 0 Å². The van der Waals surface area contributed by atoms with Crippen LogP contribution in [-0.2, 0) is 11.2 Å². The summed E-state index contributed by atoms with van der Waals surface area (Å²) in [6.45, 7) is 3.65. The molecule has 16 heavy (non-hydrogen) atoms. The highest BCUT2D eigenvalue weighted by Crippen LogP contribution is 2.12. The summed E-state index contributed by atoms with van der Waals surface area (Å²) < 4.78 is 5.48. The fourth-order valence-electron chi connectivity index (χ4n) is 1.56. The Morgan fingerprint density at radius 3 is 3.06 bits per heavy atom. The SMILES string of the molecule is CCCOCC(CCCc1cccs1)NN. The first-order valence-corrected chi connectivity index (χ1v) is 6.81. The maximum Gasteiger partial charge on any atom is 0.0633 e. The minimum absolute atomic E-state index is 0.284. The third-order valence-electron chi connectivity index (χ3n) is 2.46. The largest absolute Gasteiger partial charge is 0.380 e. The molecule has 1 atom stereocenters. The Kier molecular flexibility index (Phi) is 7.42. The van der Waals surface area contributed by atoms with Crippen LogP contribution in [-0.4, -0.2) is 19.3 Å². The molecule has 1 aromatic heterocycles. The van der Waals surface area contributed by atoms with Crippen molar-refractivity contribution < 1.29 is 4.74 Å². The number of rotatable bonds is 9. The van der Waals surface area contributed by atoms with Gasteiger partial charge in [-0.25, -0.2) is 0 Å². The molecule has 1 aromatic rings. The quantitative estimate of drug-likeness (QED) is 0.397. The van der Waals surface area contributed by atoms with E-state index in [1.54, 1.807) is 0 Å². The van der Waals surface area contributed by atoms with Gasteiger partial charge in [-0.3, -0.25) is 11.3 Å². The van der Waals surface area contributed by atoms with Crippen molar-refractivity contribution >= 4 is 11.3 Å². The molecular formula is C12H22N2OS. The van der Waals surface area contributed by atoms with Crippen LogP contribution in [0.5, 0.6) is 0 Å². The molecular weight excluding hydrogens is 220 g/mol. The van der Waals surface area contributed by atoms with E-state index in [4.69, 9.17) is 10.6 Å². The van der Waals surface area contributed by atoms with E-state index in [2.05, 4.69) is 29.9 Å². The second kappa shape index (κ2) is 8.70. The Balaban J connectivity index is 2.08. The van der Waals surface area contributed by atoms with E-state index in [0.717, 1.165) is 38.9 Å². The second-order valence-electron chi connectivity index (χ2n) is 3.91. The van der Waals surface area contributed by atoms with Crippen LogP contribution >= 0.6 is 11.3 Å². The van der Waals surface area contributed by atoms with Crippen LogP contribution in [0.1, 0.15) is 31.1 Å². The molecule has 0 spiro atoms. The van der Waals surface area contributed by atoms with Crippen LogP contribution < -0.4 is 11.3 Å². The summed E-state index contributed by atoms with van der Waals surface area (Å²) in [6.07, 6.45) is 4.43. The standard InChI is InChI=1S/C12H22N2OS/c1-2-8-15-10-11(14-13)5-3-6-12-7-4-9-16-12/h4,7,9,11,14H,2-3,5-6,8,10,13H2,1H3. The summed E-state index contributed by atoms with van der Waals surface area (Å²) in [7, 11) is 0. The molecule has 0 fully saturated rings. The molecule has 0 saturated heterocycles. The van der Waals surface area contributed by atoms with Gasteiger partial charge < -0.3 is 4.74 Å². The third kappa shape index (κ3) is 5.61. The summed E-state index contributed by atoms with van der Waals surface area (Å²) in [4.78, 5) is 1.45. The predicted molar refractivity (Wildman–Crippen MR) is 69.5 cm³/mol. The minimum Gasteiger partial charge on any atom is -0.380 e. The Morgan fingerprint density at radius 2 is 2.44 bits per heavy atom. The molecule has 0 aromatic carbocycles. The van der Waals surface area contributed by atoms with Crippen LogP contribution in [0.4, 0.5) is 0 Å². The molecule has 0 radical (unpaired) electrons. The number of hydrazine groups is 1. The number of ether oxygens (including phenoxy) is 1. The number of nitrogens with two attached hydrogens (primary N) is 1. The number of nitrogens with one attached hydrogen (secondary N) is 1. The Morgan fingerprint density at radius 1 is 1.56 bits per heavy atom. The Labute approximate surface area is 102 Å². The molecule has 1 unspecified atom stereocenters. The molecule has 1 rings (SSSR count). The lowest BCUT2D eigenvalue weighted by atomic mass is 10.1. The molecule has 92 valence electrons. The number of hydrogen-bond acceptors (Lipinski definition) is 4. The van der Waals surface area contributed by atoms with Gasteiger partial charge in [0.2, 0.25) is 0 Å². The van der Waals surface area contributed by atoms with E-state index in [-0.39, 0.29) is 6.04 Å². The second-order valence-corrected chi connectivity index (χ2v) is 4.94. The average molecular weight is 242 g/mol. The van der Waals surface area contributed by atoms with Gasteiger partial charge in [0.25, 0.3) is 0 Å². The lowest BCUT2D eigenvalue weighted by Crippen LogP contribution is -2.38. The summed E-state index contributed by atoms with van der Waals surface area (Å²) in [5.41, 5.74) is 2.82. The normalized spacial score (nSPS) is 12.9. The summed E-state index contributed by atoms with van der Waals surface area (Å²) >= 11 is 1.82. The molecule has 0 saturated carbocycles. The fourth-order valence-corrected chi connectivity index (χ4v) is 2.31. The summed E-state index contributed by atoms with van der Waals surface area (Å²) in [6, 6.07) is 4.57. The van der Waals surface area contributed by atoms with Crippen molar-refractivity contribution in [1.82, 2.24) is 5.43 Å². The van der Waals surface area contributed by atoms with Gasteiger partial charge in [-0.1, -0.05) is 13.0 Å². The number of aryl methyl sites for hydroxylation is 1. The van der Waals surface area contributed by atoms with E-state index < -0.39 is 0 Å². The van der Waals surface area contributed by atoms with Crippen LogP contribution in [0, 0.1) is 0 Å². The molecule has 0 aliphatic heterocycles. The first-order chi connectivity index (χ1) is 7.86. The predicted octanol–water partition coefficient (Wildman–Crippen LogP) is 2.33.